The standard InChI is InChI=1S/C25H32N2O6/c1-6-7-12-27-22(28)15-19(23(27)16-8-10-18(30-2)11-9-16)25(29)26-17-13-20(31-3)24(33-5)21(14-17)32-4/h8-11,13-14,19,23H,6-7,12,15H2,1-5H3,(H,26,29). The van der Waals surface area contributed by atoms with Crippen LogP contribution in [-0.2, 0) is 9.59 Å². The van der Waals surface area contributed by atoms with Crippen LogP contribution in [0.1, 0.15) is 37.8 Å². The molecule has 1 heterocycles. The number of likely N-dealkylation sites (tertiary alicyclic amines) is 1. The number of rotatable bonds is 10. The van der Waals surface area contributed by atoms with Crippen molar-refractivity contribution in [2.24, 2.45) is 5.92 Å². The van der Waals surface area contributed by atoms with Gasteiger partial charge in [-0.3, -0.25) is 9.59 Å². The van der Waals surface area contributed by atoms with Gasteiger partial charge in [0.1, 0.15) is 5.75 Å². The number of hydrogen-bond donors (Lipinski definition) is 1. The molecule has 0 bridgehead atoms. The van der Waals surface area contributed by atoms with Gasteiger partial charge in [-0.1, -0.05) is 25.5 Å². The third kappa shape index (κ3) is 5.16. The number of ether oxygens (including phenoxy) is 4. The van der Waals surface area contributed by atoms with Gasteiger partial charge in [-0.2, -0.15) is 0 Å². The Labute approximate surface area is 194 Å². The highest BCUT2D eigenvalue weighted by Crippen LogP contribution is 2.42. The summed E-state index contributed by atoms with van der Waals surface area (Å²) in [5.41, 5.74) is 1.41. The molecule has 33 heavy (non-hydrogen) atoms. The van der Waals surface area contributed by atoms with E-state index < -0.39 is 5.92 Å². The molecular weight excluding hydrogens is 424 g/mol. The number of methoxy groups -OCH3 is 4. The number of nitrogens with one attached hydrogen (secondary N) is 1. The number of hydrogen-bond acceptors (Lipinski definition) is 6. The van der Waals surface area contributed by atoms with Crippen molar-refractivity contribution >= 4 is 17.5 Å². The van der Waals surface area contributed by atoms with E-state index in [0.29, 0.717) is 29.5 Å². The molecule has 0 saturated carbocycles. The van der Waals surface area contributed by atoms with Gasteiger partial charge in [-0.15, -0.1) is 0 Å². The van der Waals surface area contributed by atoms with Gasteiger partial charge in [0, 0.05) is 30.8 Å². The van der Waals surface area contributed by atoms with Crippen molar-refractivity contribution in [1.29, 1.82) is 0 Å². The van der Waals surface area contributed by atoms with Crippen LogP contribution in [0.2, 0.25) is 0 Å². The Morgan fingerprint density at radius 2 is 1.64 bits per heavy atom. The number of benzene rings is 2. The number of carbonyl (C=O) groups excluding carboxylic acids is 2. The van der Waals surface area contributed by atoms with E-state index in [4.69, 9.17) is 18.9 Å². The zero-order valence-electron chi connectivity index (χ0n) is 19.8. The third-order valence-electron chi connectivity index (χ3n) is 5.91. The molecule has 0 spiro atoms. The first kappa shape index (κ1) is 24.2. The zero-order valence-corrected chi connectivity index (χ0v) is 19.8. The fraction of sp³-hybridized carbons (Fsp3) is 0.440. The summed E-state index contributed by atoms with van der Waals surface area (Å²) in [6.45, 7) is 2.69. The molecule has 178 valence electrons. The SMILES string of the molecule is CCCCN1C(=O)CC(C(=O)Nc2cc(OC)c(OC)c(OC)c2)C1c1ccc(OC)cc1. The van der Waals surface area contributed by atoms with Gasteiger partial charge < -0.3 is 29.2 Å². The quantitative estimate of drug-likeness (QED) is 0.581. The zero-order chi connectivity index (χ0) is 24.0. The van der Waals surface area contributed by atoms with Crippen LogP contribution in [0.25, 0.3) is 0 Å². The van der Waals surface area contributed by atoms with E-state index >= 15 is 0 Å². The second kappa shape index (κ2) is 10.9. The smallest absolute Gasteiger partial charge is 0.230 e. The van der Waals surface area contributed by atoms with Crippen molar-refractivity contribution in [3.8, 4) is 23.0 Å². The molecule has 1 saturated heterocycles. The van der Waals surface area contributed by atoms with Gasteiger partial charge in [0.05, 0.1) is 40.4 Å². The molecule has 1 fully saturated rings. The lowest BCUT2D eigenvalue weighted by molar-refractivity contribution is -0.129. The van der Waals surface area contributed by atoms with Crippen LogP contribution in [0.15, 0.2) is 36.4 Å². The van der Waals surface area contributed by atoms with Crippen molar-refractivity contribution in [3.05, 3.63) is 42.0 Å². The van der Waals surface area contributed by atoms with E-state index in [1.54, 1.807) is 19.2 Å². The molecular formula is C25H32N2O6. The van der Waals surface area contributed by atoms with Crippen molar-refractivity contribution in [2.45, 2.75) is 32.2 Å². The van der Waals surface area contributed by atoms with E-state index in [0.717, 1.165) is 24.2 Å². The summed E-state index contributed by atoms with van der Waals surface area (Å²) >= 11 is 0. The Morgan fingerprint density at radius 1 is 1.00 bits per heavy atom. The molecule has 2 aromatic rings. The van der Waals surface area contributed by atoms with Gasteiger partial charge in [0.15, 0.2) is 11.5 Å². The average Bonchev–Trinajstić information content (AvgIpc) is 3.17. The van der Waals surface area contributed by atoms with Crippen LogP contribution >= 0.6 is 0 Å². The Hall–Kier alpha value is -3.42. The minimum atomic E-state index is -0.540. The monoisotopic (exact) mass is 456 g/mol. The van der Waals surface area contributed by atoms with Crippen LogP contribution in [-0.4, -0.2) is 51.7 Å². The van der Waals surface area contributed by atoms with Crippen LogP contribution in [0.4, 0.5) is 5.69 Å². The van der Waals surface area contributed by atoms with Crippen molar-refractivity contribution < 1.29 is 28.5 Å². The van der Waals surface area contributed by atoms with E-state index in [1.807, 2.05) is 29.2 Å². The number of carbonyl (C=O) groups is 2. The fourth-order valence-corrected chi connectivity index (χ4v) is 4.22. The highest BCUT2D eigenvalue weighted by atomic mass is 16.5. The Kier molecular flexibility index (Phi) is 8.03. The predicted octanol–water partition coefficient (Wildman–Crippen LogP) is 4.05. The molecule has 1 aliphatic rings. The lowest BCUT2D eigenvalue weighted by Crippen LogP contribution is -2.33. The summed E-state index contributed by atoms with van der Waals surface area (Å²) in [5.74, 6) is 1.24. The minimum Gasteiger partial charge on any atom is -0.497 e. The topological polar surface area (TPSA) is 86.3 Å². The fourth-order valence-electron chi connectivity index (χ4n) is 4.22. The van der Waals surface area contributed by atoms with E-state index in [-0.39, 0.29) is 24.3 Å². The molecule has 0 aliphatic carbocycles. The lowest BCUT2D eigenvalue weighted by atomic mass is 9.92. The molecule has 8 heteroatoms. The molecule has 1 N–H and O–H groups in total. The molecule has 1 aliphatic heterocycles. The molecule has 2 aromatic carbocycles. The van der Waals surface area contributed by atoms with Gasteiger partial charge in [-0.25, -0.2) is 0 Å². The number of anilines is 1. The van der Waals surface area contributed by atoms with Crippen molar-refractivity contribution in [1.82, 2.24) is 4.90 Å². The van der Waals surface area contributed by atoms with Crippen LogP contribution in [0, 0.1) is 5.92 Å². The molecule has 2 atom stereocenters. The Balaban J connectivity index is 1.91. The van der Waals surface area contributed by atoms with Crippen LogP contribution < -0.4 is 24.3 Å². The van der Waals surface area contributed by atoms with Crippen LogP contribution in [0.3, 0.4) is 0 Å². The first-order valence-electron chi connectivity index (χ1n) is 11.0. The molecule has 0 radical (unpaired) electrons. The summed E-state index contributed by atoms with van der Waals surface area (Å²) in [6, 6.07) is 10.5. The summed E-state index contributed by atoms with van der Waals surface area (Å²) < 4.78 is 21.4. The maximum absolute atomic E-state index is 13.4. The molecule has 0 aromatic heterocycles. The summed E-state index contributed by atoms with van der Waals surface area (Å²) in [4.78, 5) is 28.1. The first-order chi connectivity index (χ1) is 16.0. The minimum absolute atomic E-state index is 0.0192. The van der Waals surface area contributed by atoms with Gasteiger partial charge in [0.25, 0.3) is 0 Å². The number of unbranched alkanes of at least 4 members (excludes halogenated alkanes) is 1. The second-order valence-corrected chi connectivity index (χ2v) is 7.87. The average molecular weight is 457 g/mol. The maximum atomic E-state index is 13.4. The Bertz CT molecular complexity index is 950. The number of nitrogens with zero attached hydrogens (tertiary/aromatic N) is 1. The van der Waals surface area contributed by atoms with Crippen LogP contribution in [0.5, 0.6) is 23.0 Å². The highest BCUT2D eigenvalue weighted by Gasteiger charge is 2.44. The summed E-state index contributed by atoms with van der Waals surface area (Å²) in [7, 11) is 6.16. The Morgan fingerprint density at radius 3 is 2.15 bits per heavy atom. The highest BCUT2D eigenvalue weighted by molar-refractivity contribution is 5.98. The lowest BCUT2D eigenvalue weighted by Gasteiger charge is -2.28. The van der Waals surface area contributed by atoms with E-state index in [2.05, 4.69) is 12.2 Å². The first-order valence-corrected chi connectivity index (χ1v) is 11.0. The van der Waals surface area contributed by atoms with Crippen molar-refractivity contribution in [2.75, 3.05) is 40.3 Å². The molecule has 3 rings (SSSR count). The van der Waals surface area contributed by atoms with Crippen molar-refractivity contribution in [3.63, 3.8) is 0 Å². The largest absolute Gasteiger partial charge is 0.497 e. The molecule has 2 unspecified atom stereocenters. The number of amides is 2. The van der Waals surface area contributed by atoms with Gasteiger partial charge in [-0.05, 0) is 24.1 Å². The summed E-state index contributed by atoms with van der Waals surface area (Å²) in [5, 5.41) is 2.95. The van der Waals surface area contributed by atoms with E-state index in [9.17, 15) is 9.59 Å². The predicted molar refractivity (Wildman–Crippen MR) is 125 cm³/mol. The maximum Gasteiger partial charge on any atom is 0.230 e. The second-order valence-electron chi connectivity index (χ2n) is 7.87. The third-order valence-corrected chi connectivity index (χ3v) is 5.91. The summed E-state index contributed by atoms with van der Waals surface area (Å²) in [6.07, 6.45) is 1.98. The van der Waals surface area contributed by atoms with Gasteiger partial charge >= 0.3 is 0 Å². The van der Waals surface area contributed by atoms with Gasteiger partial charge in [0.2, 0.25) is 17.6 Å². The molecule has 8 nitrogen and oxygen atoms in total. The molecule has 2 amide bonds. The normalized spacial score (nSPS) is 17.6. The van der Waals surface area contributed by atoms with E-state index in [1.165, 1.54) is 21.3 Å².